The highest BCUT2D eigenvalue weighted by Crippen LogP contribution is 2.29. The van der Waals surface area contributed by atoms with Crippen molar-refractivity contribution in [2.45, 2.75) is 17.1 Å². The standard InChI is InChI=1S/C32H25FN4O3S3/c1-20(29(38)37-32-36-28(19-42-32)22-10-12-24(33)13-11-22)43-26-9-5-8-25(17-26)34-31(40)27(16-21-14-15-41-18-21)35-30(39)23-6-3-2-4-7-23/h2-20H,1H3,(H,34,40)(H,35,39)(H,36,37,38)/b27-16-. The minimum Gasteiger partial charge on any atom is -0.321 e. The van der Waals surface area contributed by atoms with E-state index in [0.29, 0.717) is 22.1 Å². The van der Waals surface area contributed by atoms with Gasteiger partial charge >= 0.3 is 0 Å². The number of amides is 3. The van der Waals surface area contributed by atoms with Crippen LogP contribution >= 0.6 is 34.4 Å². The Morgan fingerprint density at radius 2 is 1.72 bits per heavy atom. The first-order valence-corrected chi connectivity index (χ1v) is 15.7. The van der Waals surface area contributed by atoms with Gasteiger partial charge in [-0.25, -0.2) is 9.37 Å². The molecule has 3 aromatic carbocycles. The lowest BCUT2D eigenvalue weighted by molar-refractivity contribution is -0.115. The summed E-state index contributed by atoms with van der Waals surface area (Å²) in [5.41, 5.74) is 3.24. The zero-order valence-corrected chi connectivity index (χ0v) is 25.2. The normalized spacial score (nSPS) is 11.9. The van der Waals surface area contributed by atoms with E-state index >= 15 is 0 Å². The molecule has 11 heteroatoms. The number of carbonyl (C=O) groups excluding carboxylic acids is 3. The van der Waals surface area contributed by atoms with Crippen LogP contribution in [-0.2, 0) is 9.59 Å². The summed E-state index contributed by atoms with van der Waals surface area (Å²) in [6, 6.07) is 23.7. The first-order valence-electron chi connectivity index (χ1n) is 13.0. The van der Waals surface area contributed by atoms with Gasteiger partial charge in [0.25, 0.3) is 11.8 Å². The van der Waals surface area contributed by atoms with Crippen LogP contribution < -0.4 is 16.0 Å². The average Bonchev–Trinajstić information content (AvgIpc) is 3.70. The molecule has 0 aliphatic carbocycles. The smallest absolute Gasteiger partial charge is 0.272 e. The number of halogens is 1. The molecule has 0 bridgehead atoms. The van der Waals surface area contributed by atoms with E-state index in [1.807, 2.05) is 29.0 Å². The number of hydrogen-bond donors (Lipinski definition) is 3. The van der Waals surface area contributed by atoms with Gasteiger partial charge in [-0.15, -0.1) is 23.1 Å². The highest BCUT2D eigenvalue weighted by Gasteiger charge is 2.18. The number of nitrogens with one attached hydrogen (secondary N) is 3. The lowest BCUT2D eigenvalue weighted by Gasteiger charge is -2.13. The van der Waals surface area contributed by atoms with Crippen LogP contribution in [0.2, 0.25) is 0 Å². The molecule has 2 aromatic heterocycles. The van der Waals surface area contributed by atoms with Crippen LogP contribution in [0, 0.1) is 5.82 Å². The fourth-order valence-corrected chi connectivity index (χ4v) is 6.13. The quantitative estimate of drug-likeness (QED) is 0.110. The summed E-state index contributed by atoms with van der Waals surface area (Å²) in [6.07, 6.45) is 1.62. The highest BCUT2D eigenvalue weighted by molar-refractivity contribution is 8.00. The minimum atomic E-state index is -0.482. The molecule has 0 radical (unpaired) electrons. The zero-order valence-electron chi connectivity index (χ0n) is 22.7. The molecule has 216 valence electrons. The van der Waals surface area contributed by atoms with Gasteiger partial charge in [0, 0.05) is 27.1 Å². The maximum Gasteiger partial charge on any atom is 0.272 e. The van der Waals surface area contributed by atoms with E-state index in [-0.39, 0.29) is 17.4 Å². The third-order valence-electron chi connectivity index (χ3n) is 6.03. The van der Waals surface area contributed by atoms with Crippen molar-refractivity contribution >= 4 is 69.1 Å². The van der Waals surface area contributed by atoms with E-state index in [0.717, 1.165) is 16.0 Å². The van der Waals surface area contributed by atoms with Gasteiger partial charge in [0.2, 0.25) is 5.91 Å². The van der Waals surface area contributed by atoms with E-state index in [4.69, 9.17) is 0 Å². The maximum atomic E-state index is 13.3. The molecule has 3 N–H and O–H groups in total. The Bertz CT molecular complexity index is 1750. The largest absolute Gasteiger partial charge is 0.321 e. The van der Waals surface area contributed by atoms with Crippen LogP contribution in [0.15, 0.2) is 112 Å². The average molecular weight is 629 g/mol. The molecule has 2 heterocycles. The summed E-state index contributed by atoms with van der Waals surface area (Å²) < 4.78 is 13.2. The predicted molar refractivity (Wildman–Crippen MR) is 173 cm³/mol. The molecule has 0 aliphatic rings. The van der Waals surface area contributed by atoms with Gasteiger partial charge in [-0.05, 0) is 90.0 Å². The molecule has 43 heavy (non-hydrogen) atoms. The lowest BCUT2D eigenvalue weighted by Crippen LogP contribution is -2.30. The van der Waals surface area contributed by atoms with Crippen molar-refractivity contribution < 1.29 is 18.8 Å². The molecular weight excluding hydrogens is 604 g/mol. The van der Waals surface area contributed by atoms with E-state index in [1.165, 1.54) is 46.6 Å². The molecule has 0 aliphatic heterocycles. The molecule has 5 aromatic rings. The van der Waals surface area contributed by atoms with E-state index in [9.17, 15) is 18.8 Å². The number of thioether (sulfide) groups is 1. The molecule has 0 saturated carbocycles. The molecule has 5 rings (SSSR count). The summed E-state index contributed by atoms with van der Waals surface area (Å²) in [4.78, 5) is 44.2. The number of anilines is 2. The van der Waals surface area contributed by atoms with Crippen molar-refractivity contribution in [2.24, 2.45) is 0 Å². The number of thiazole rings is 1. The van der Waals surface area contributed by atoms with Crippen LogP contribution in [0.4, 0.5) is 15.2 Å². The Kier molecular flexibility index (Phi) is 9.77. The lowest BCUT2D eigenvalue weighted by atomic mass is 10.2. The molecule has 7 nitrogen and oxygen atoms in total. The first-order chi connectivity index (χ1) is 20.8. The topological polar surface area (TPSA) is 100 Å². The van der Waals surface area contributed by atoms with Gasteiger partial charge in [0.05, 0.1) is 10.9 Å². The van der Waals surface area contributed by atoms with Crippen molar-refractivity contribution in [1.29, 1.82) is 0 Å². The Balaban J connectivity index is 1.22. The van der Waals surface area contributed by atoms with Crippen LogP contribution in [0.5, 0.6) is 0 Å². The van der Waals surface area contributed by atoms with E-state index < -0.39 is 17.1 Å². The van der Waals surface area contributed by atoms with Gasteiger partial charge in [-0.3, -0.25) is 14.4 Å². The van der Waals surface area contributed by atoms with Crippen molar-refractivity contribution in [3.8, 4) is 11.3 Å². The van der Waals surface area contributed by atoms with E-state index in [1.54, 1.807) is 73.0 Å². The fourth-order valence-electron chi connectivity index (χ4n) is 3.86. The Morgan fingerprint density at radius 3 is 2.47 bits per heavy atom. The summed E-state index contributed by atoms with van der Waals surface area (Å²) in [6.45, 7) is 1.78. The fraction of sp³-hybridized carbons (Fsp3) is 0.0625. The van der Waals surface area contributed by atoms with Gasteiger partial charge in [0.1, 0.15) is 11.5 Å². The van der Waals surface area contributed by atoms with Gasteiger partial charge in [0.15, 0.2) is 5.13 Å². The highest BCUT2D eigenvalue weighted by atomic mass is 32.2. The second kappa shape index (κ2) is 14.1. The Morgan fingerprint density at radius 1 is 0.930 bits per heavy atom. The molecule has 0 saturated heterocycles. The summed E-state index contributed by atoms with van der Waals surface area (Å²) in [7, 11) is 0. The molecule has 1 unspecified atom stereocenters. The second-order valence-corrected chi connectivity index (χ2v) is 12.3. The van der Waals surface area contributed by atoms with Crippen molar-refractivity contribution in [3.63, 3.8) is 0 Å². The SMILES string of the molecule is CC(Sc1cccc(NC(=O)/C(=C/c2ccsc2)NC(=O)c2ccccc2)c1)C(=O)Nc1nc(-c2ccc(F)cc2)cs1. The molecule has 1 atom stereocenters. The van der Waals surface area contributed by atoms with E-state index in [2.05, 4.69) is 20.9 Å². The summed E-state index contributed by atoms with van der Waals surface area (Å²) in [5.74, 6) is -1.44. The van der Waals surface area contributed by atoms with Crippen molar-refractivity contribution in [3.05, 3.63) is 124 Å². The molecular formula is C32H25FN4O3S3. The summed E-state index contributed by atoms with van der Waals surface area (Å²) >= 11 is 4.10. The third kappa shape index (κ3) is 8.25. The van der Waals surface area contributed by atoms with Gasteiger partial charge < -0.3 is 16.0 Å². The maximum absolute atomic E-state index is 13.3. The number of hydrogen-bond acceptors (Lipinski definition) is 7. The predicted octanol–water partition coefficient (Wildman–Crippen LogP) is 7.54. The Hall–Kier alpha value is -4.58. The molecule has 3 amide bonds. The van der Waals surface area contributed by atoms with Crippen LogP contribution in [0.3, 0.4) is 0 Å². The molecule has 0 fully saturated rings. The number of nitrogens with zero attached hydrogens (tertiary/aromatic N) is 1. The minimum absolute atomic E-state index is 0.0986. The second-order valence-electron chi connectivity index (χ2n) is 9.21. The number of thiophene rings is 1. The number of benzene rings is 3. The van der Waals surface area contributed by atoms with Crippen LogP contribution in [0.1, 0.15) is 22.8 Å². The van der Waals surface area contributed by atoms with Crippen LogP contribution in [0.25, 0.3) is 17.3 Å². The van der Waals surface area contributed by atoms with Crippen molar-refractivity contribution in [2.75, 3.05) is 10.6 Å². The first kappa shape index (κ1) is 29.9. The summed E-state index contributed by atoms with van der Waals surface area (Å²) in [5, 5.41) is 14.0. The van der Waals surface area contributed by atoms with Gasteiger partial charge in [-0.2, -0.15) is 11.3 Å². The van der Waals surface area contributed by atoms with Crippen LogP contribution in [-0.4, -0.2) is 28.0 Å². The number of rotatable bonds is 10. The van der Waals surface area contributed by atoms with Gasteiger partial charge in [-0.1, -0.05) is 24.3 Å². The zero-order chi connectivity index (χ0) is 30.2. The molecule has 0 spiro atoms. The van der Waals surface area contributed by atoms with Crippen molar-refractivity contribution in [1.82, 2.24) is 10.3 Å². The monoisotopic (exact) mass is 628 g/mol. The third-order valence-corrected chi connectivity index (χ3v) is 8.58. The number of carbonyl (C=O) groups is 3. The Labute approximate surface area is 259 Å². The number of aromatic nitrogens is 1.